The lowest BCUT2D eigenvalue weighted by molar-refractivity contribution is 0.0734. The molecule has 0 aliphatic carbocycles. The highest BCUT2D eigenvalue weighted by Crippen LogP contribution is 2.23. The van der Waals surface area contributed by atoms with Crippen LogP contribution >= 0.6 is 15.9 Å². The number of nitrogens with one attached hydrogen (secondary N) is 1. The van der Waals surface area contributed by atoms with Crippen molar-refractivity contribution in [2.75, 3.05) is 0 Å². The molecule has 0 saturated carbocycles. The van der Waals surface area contributed by atoms with Gasteiger partial charge in [0.2, 0.25) is 0 Å². The average Bonchev–Trinajstić information content (AvgIpc) is 2.71. The predicted octanol–water partition coefficient (Wildman–Crippen LogP) is 3.83. The molecule has 0 bridgehead atoms. The number of carbonyl (C=O) groups excluding carboxylic acids is 2. The quantitative estimate of drug-likeness (QED) is 0.292. The fourth-order valence-corrected chi connectivity index (χ4v) is 2.55. The number of benzene rings is 2. The summed E-state index contributed by atoms with van der Waals surface area (Å²) in [6.07, 6.45) is 4.46. The van der Waals surface area contributed by atoms with Crippen molar-refractivity contribution in [3.05, 3.63) is 94.2 Å². The maximum Gasteiger partial charge on any atom is 0.343 e. The molecule has 3 rings (SSSR count). The molecule has 7 heteroatoms. The number of hydrogen-bond donors (Lipinski definition) is 1. The van der Waals surface area contributed by atoms with E-state index in [0.717, 1.165) is 4.47 Å². The molecule has 0 atom stereocenters. The van der Waals surface area contributed by atoms with Crippen molar-refractivity contribution >= 4 is 34.0 Å². The van der Waals surface area contributed by atoms with Crippen LogP contribution in [0.2, 0.25) is 0 Å². The van der Waals surface area contributed by atoms with Gasteiger partial charge in [0, 0.05) is 28.0 Å². The van der Waals surface area contributed by atoms with Crippen molar-refractivity contribution < 1.29 is 14.3 Å². The minimum atomic E-state index is -0.478. The number of carbonyl (C=O) groups is 2. The second kappa shape index (κ2) is 8.86. The third kappa shape index (κ3) is 5.08. The van der Waals surface area contributed by atoms with Crippen LogP contribution < -0.4 is 10.2 Å². The lowest BCUT2D eigenvalue weighted by Gasteiger charge is -2.08. The van der Waals surface area contributed by atoms with Crippen LogP contribution in [0.25, 0.3) is 0 Å². The topological polar surface area (TPSA) is 80.6 Å². The van der Waals surface area contributed by atoms with Crippen LogP contribution in [0.5, 0.6) is 5.75 Å². The molecule has 0 fully saturated rings. The summed E-state index contributed by atoms with van der Waals surface area (Å²) in [4.78, 5) is 28.1. The summed E-state index contributed by atoms with van der Waals surface area (Å²) in [5, 5.41) is 3.94. The normalized spacial score (nSPS) is 10.6. The Kier molecular flexibility index (Phi) is 6.06. The molecular weight excluding hydrogens is 410 g/mol. The second-order valence-corrected chi connectivity index (χ2v) is 6.29. The zero-order valence-corrected chi connectivity index (χ0v) is 15.6. The number of hydrazone groups is 1. The first-order chi connectivity index (χ1) is 13.1. The molecule has 3 aromatic rings. The third-order valence-corrected chi connectivity index (χ3v) is 3.99. The molecule has 0 unspecified atom stereocenters. The van der Waals surface area contributed by atoms with Crippen LogP contribution in [-0.4, -0.2) is 23.1 Å². The number of aromatic nitrogens is 1. The molecular formula is C20H14BrN3O3. The van der Waals surface area contributed by atoms with E-state index in [-0.39, 0.29) is 5.91 Å². The number of ether oxygens (including phenoxy) is 1. The summed E-state index contributed by atoms with van der Waals surface area (Å²) in [6, 6.07) is 17.0. The summed E-state index contributed by atoms with van der Waals surface area (Å²) >= 11 is 3.37. The number of hydrogen-bond acceptors (Lipinski definition) is 5. The van der Waals surface area contributed by atoms with Crippen LogP contribution in [-0.2, 0) is 0 Å². The standard InChI is InChI=1S/C20H14BrN3O3/c21-17-6-7-18(27-20(26)15-4-2-1-3-5-15)16(12-17)13-23-24-19(25)14-8-10-22-11-9-14/h1-13H,(H,24,25)/b23-13+. The van der Waals surface area contributed by atoms with E-state index in [4.69, 9.17) is 4.74 Å². The Balaban J connectivity index is 1.74. The first kappa shape index (κ1) is 18.5. The van der Waals surface area contributed by atoms with Crippen molar-refractivity contribution in [1.29, 1.82) is 0 Å². The number of halogens is 1. The molecule has 134 valence electrons. The van der Waals surface area contributed by atoms with Gasteiger partial charge in [0.25, 0.3) is 5.91 Å². The summed E-state index contributed by atoms with van der Waals surface area (Å²) in [7, 11) is 0. The van der Waals surface area contributed by atoms with Gasteiger partial charge in [-0.15, -0.1) is 0 Å². The Morgan fingerprint density at radius 2 is 1.74 bits per heavy atom. The molecule has 1 amide bonds. The molecule has 0 spiro atoms. The predicted molar refractivity (Wildman–Crippen MR) is 105 cm³/mol. The minimum absolute atomic E-state index is 0.328. The Bertz CT molecular complexity index is 976. The van der Waals surface area contributed by atoms with Gasteiger partial charge in [0.05, 0.1) is 11.8 Å². The fraction of sp³-hybridized carbons (Fsp3) is 0. The molecule has 1 heterocycles. The van der Waals surface area contributed by atoms with E-state index in [1.165, 1.54) is 18.6 Å². The van der Waals surface area contributed by atoms with Crippen LogP contribution in [0, 0.1) is 0 Å². The van der Waals surface area contributed by atoms with E-state index in [1.54, 1.807) is 54.6 Å². The molecule has 2 aromatic carbocycles. The van der Waals surface area contributed by atoms with Crippen LogP contribution in [0.1, 0.15) is 26.3 Å². The summed E-state index contributed by atoms with van der Waals surface area (Å²) in [5.41, 5.74) is 3.83. The molecule has 6 nitrogen and oxygen atoms in total. The van der Waals surface area contributed by atoms with Gasteiger partial charge in [-0.05, 0) is 42.5 Å². The van der Waals surface area contributed by atoms with Crippen molar-refractivity contribution in [1.82, 2.24) is 10.4 Å². The summed E-state index contributed by atoms with van der Waals surface area (Å²) in [5.74, 6) is -0.520. The van der Waals surface area contributed by atoms with Gasteiger partial charge >= 0.3 is 5.97 Å². The van der Waals surface area contributed by atoms with Crippen molar-refractivity contribution in [2.24, 2.45) is 5.10 Å². The number of rotatable bonds is 5. The van der Waals surface area contributed by atoms with Gasteiger partial charge in [-0.2, -0.15) is 5.10 Å². The number of esters is 1. The van der Waals surface area contributed by atoms with E-state index >= 15 is 0 Å². The van der Waals surface area contributed by atoms with E-state index in [0.29, 0.717) is 22.4 Å². The van der Waals surface area contributed by atoms with Crippen molar-refractivity contribution in [2.45, 2.75) is 0 Å². The molecule has 0 radical (unpaired) electrons. The summed E-state index contributed by atoms with van der Waals surface area (Å²) in [6.45, 7) is 0. The van der Waals surface area contributed by atoms with Gasteiger partial charge in [-0.3, -0.25) is 9.78 Å². The number of amides is 1. The molecule has 0 aliphatic heterocycles. The largest absolute Gasteiger partial charge is 0.422 e. The average molecular weight is 424 g/mol. The van der Waals surface area contributed by atoms with Crippen molar-refractivity contribution in [3.63, 3.8) is 0 Å². The molecule has 1 aromatic heterocycles. The van der Waals surface area contributed by atoms with Crippen LogP contribution in [0.4, 0.5) is 0 Å². The molecule has 0 aliphatic rings. The highest BCUT2D eigenvalue weighted by molar-refractivity contribution is 9.10. The molecule has 0 saturated heterocycles. The van der Waals surface area contributed by atoms with Crippen LogP contribution in [0.3, 0.4) is 0 Å². The minimum Gasteiger partial charge on any atom is -0.422 e. The van der Waals surface area contributed by atoms with Crippen LogP contribution in [0.15, 0.2) is 82.6 Å². The maximum absolute atomic E-state index is 12.3. The Hall–Kier alpha value is -3.32. The lowest BCUT2D eigenvalue weighted by atomic mass is 10.2. The molecule has 27 heavy (non-hydrogen) atoms. The highest BCUT2D eigenvalue weighted by atomic mass is 79.9. The number of nitrogens with zero attached hydrogens (tertiary/aromatic N) is 2. The van der Waals surface area contributed by atoms with Gasteiger partial charge in [-0.1, -0.05) is 34.1 Å². The lowest BCUT2D eigenvalue weighted by Crippen LogP contribution is -2.17. The highest BCUT2D eigenvalue weighted by Gasteiger charge is 2.11. The van der Waals surface area contributed by atoms with E-state index < -0.39 is 5.97 Å². The number of pyridine rings is 1. The van der Waals surface area contributed by atoms with E-state index in [1.807, 2.05) is 6.07 Å². The Morgan fingerprint density at radius 1 is 1.00 bits per heavy atom. The van der Waals surface area contributed by atoms with Gasteiger partial charge in [-0.25, -0.2) is 10.2 Å². The Morgan fingerprint density at radius 3 is 2.48 bits per heavy atom. The second-order valence-electron chi connectivity index (χ2n) is 5.37. The first-order valence-corrected chi connectivity index (χ1v) is 8.73. The van der Waals surface area contributed by atoms with Crippen molar-refractivity contribution in [3.8, 4) is 5.75 Å². The first-order valence-electron chi connectivity index (χ1n) is 7.94. The van der Waals surface area contributed by atoms with E-state index in [2.05, 4.69) is 31.4 Å². The smallest absolute Gasteiger partial charge is 0.343 e. The fourth-order valence-electron chi connectivity index (χ4n) is 2.17. The maximum atomic E-state index is 12.3. The third-order valence-electron chi connectivity index (χ3n) is 3.50. The van der Waals surface area contributed by atoms with E-state index in [9.17, 15) is 9.59 Å². The molecule has 1 N–H and O–H groups in total. The Labute approximate surface area is 164 Å². The SMILES string of the molecule is O=C(N/N=C/c1cc(Br)ccc1OC(=O)c1ccccc1)c1ccncc1. The van der Waals surface area contributed by atoms with Gasteiger partial charge in [0.15, 0.2) is 0 Å². The zero-order chi connectivity index (χ0) is 19.1. The monoisotopic (exact) mass is 423 g/mol. The van der Waals surface area contributed by atoms with Gasteiger partial charge < -0.3 is 4.74 Å². The zero-order valence-electron chi connectivity index (χ0n) is 14.0. The summed E-state index contributed by atoms with van der Waals surface area (Å²) < 4.78 is 6.24. The van der Waals surface area contributed by atoms with Gasteiger partial charge in [0.1, 0.15) is 5.75 Å².